The van der Waals surface area contributed by atoms with Gasteiger partial charge in [-0.25, -0.2) is 17.6 Å². The molecule has 5 nitrogen and oxygen atoms in total. The molecule has 0 aromatic heterocycles. The molecule has 126 valence electrons. The van der Waals surface area contributed by atoms with E-state index in [9.17, 15) is 17.6 Å². The Balaban J connectivity index is 1.41. The lowest BCUT2D eigenvalue weighted by Crippen LogP contribution is -2.41. The minimum absolute atomic E-state index is 0.0290. The van der Waals surface area contributed by atoms with Crippen LogP contribution in [0.5, 0.6) is 0 Å². The predicted molar refractivity (Wildman–Crippen MR) is 85.5 cm³/mol. The fourth-order valence-corrected chi connectivity index (χ4v) is 4.66. The number of urea groups is 1. The van der Waals surface area contributed by atoms with Crippen molar-refractivity contribution in [3.63, 3.8) is 0 Å². The number of carbonyl (C=O) groups excluding carboxylic acids is 1. The summed E-state index contributed by atoms with van der Waals surface area (Å²) in [7, 11) is -2.87. The molecule has 2 atom stereocenters. The van der Waals surface area contributed by atoms with Gasteiger partial charge in [0.2, 0.25) is 0 Å². The topological polar surface area (TPSA) is 75.3 Å². The molecule has 2 fully saturated rings. The summed E-state index contributed by atoms with van der Waals surface area (Å²) in [5.41, 5.74) is 0.648. The smallest absolute Gasteiger partial charge is 0.315 e. The highest BCUT2D eigenvalue weighted by molar-refractivity contribution is 7.91. The Morgan fingerprint density at radius 2 is 1.91 bits per heavy atom. The molecular weight excluding hydrogens is 319 g/mol. The average Bonchev–Trinajstić information content (AvgIpc) is 3.25. The van der Waals surface area contributed by atoms with Crippen molar-refractivity contribution >= 4 is 15.9 Å². The third-order valence-electron chi connectivity index (χ3n) is 4.64. The third kappa shape index (κ3) is 4.22. The largest absolute Gasteiger partial charge is 0.338 e. The van der Waals surface area contributed by atoms with Crippen molar-refractivity contribution in [2.45, 2.75) is 31.2 Å². The molecule has 0 radical (unpaired) electrons. The van der Waals surface area contributed by atoms with Crippen molar-refractivity contribution in [3.8, 4) is 0 Å². The lowest BCUT2D eigenvalue weighted by molar-refractivity contribution is 0.237. The Morgan fingerprint density at radius 1 is 1.22 bits per heavy atom. The van der Waals surface area contributed by atoms with Crippen LogP contribution in [0.25, 0.3) is 0 Å². The van der Waals surface area contributed by atoms with Gasteiger partial charge in [0.05, 0.1) is 11.5 Å². The molecule has 3 rings (SSSR count). The summed E-state index contributed by atoms with van der Waals surface area (Å²) in [5, 5.41) is 5.65. The molecule has 1 saturated heterocycles. The monoisotopic (exact) mass is 340 g/mol. The standard InChI is InChI=1S/C16H21FN2O3S/c17-14-4-2-1-3-12(14)13-9-15(13)19-16(20)18-10-11-5-7-23(21,22)8-6-11/h1-4,11,13,15H,5-10H2,(H2,18,19,20)/t13-,15-/m0/s1. The van der Waals surface area contributed by atoms with Gasteiger partial charge in [-0.3, -0.25) is 0 Å². The van der Waals surface area contributed by atoms with Gasteiger partial charge in [0, 0.05) is 18.5 Å². The fourth-order valence-electron chi connectivity index (χ4n) is 3.07. The van der Waals surface area contributed by atoms with Crippen molar-refractivity contribution in [1.29, 1.82) is 0 Å². The lowest BCUT2D eigenvalue weighted by Gasteiger charge is -2.22. The van der Waals surface area contributed by atoms with Gasteiger partial charge in [-0.05, 0) is 36.8 Å². The van der Waals surface area contributed by atoms with Crippen LogP contribution in [0.3, 0.4) is 0 Å². The van der Waals surface area contributed by atoms with E-state index in [4.69, 9.17) is 0 Å². The maximum Gasteiger partial charge on any atom is 0.315 e. The number of nitrogens with one attached hydrogen (secondary N) is 2. The second kappa shape index (κ2) is 6.47. The minimum Gasteiger partial charge on any atom is -0.338 e. The average molecular weight is 340 g/mol. The quantitative estimate of drug-likeness (QED) is 0.878. The molecule has 2 amide bonds. The van der Waals surface area contributed by atoms with Gasteiger partial charge in [-0.1, -0.05) is 18.2 Å². The van der Waals surface area contributed by atoms with Crippen LogP contribution < -0.4 is 10.6 Å². The highest BCUT2D eigenvalue weighted by atomic mass is 32.2. The van der Waals surface area contributed by atoms with Crippen molar-refractivity contribution < 1.29 is 17.6 Å². The van der Waals surface area contributed by atoms with Crippen LogP contribution in [0.1, 0.15) is 30.7 Å². The zero-order valence-electron chi connectivity index (χ0n) is 12.8. The van der Waals surface area contributed by atoms with Gasteiger partial charge in [0.25, 0.3) is 0 Å². The van der Waals surface area contributed by atoms with E-state index < -0.39 is 9.84 Å². The molecular formula is C16H21FN2O3S. The fraction of sp³-hybridized carbons (Fsp3) is 0.562. The molecule has 1 aliphatic carbocycles. The minimum atomic E-state index is -2.87. The summed E-state index contributed by atoms with van der Waals surface area (Å²) in [5.74, 6) is 0.441. The Kier molecular flexibility index (Phi) is 4.57. The zero-order chi connectivity index (χ0) is 16.4. The first-order valence-corrected chi connectivity index (χ1v) is 9.76. The van der Waals surface area contributed by atoms with Gasteiger partial charge < -0.3 is 10.6 Å². The van der Waals surface area contributed by atoms with Crippen LogP contribution in [0.2, 0.25) is 0 Å². The van der Waals surface area contributed by atoms with E-state index in [1.165, 1.54) is 6.07 Å². The molecule has 1 aliphatic heterocycles. The first kappa shape index (κ1) is 16.2. The first-order valence-electron chi connectivity index (χ1n) is 7.94. The van der Waals surface area contributed by atoms with E-state index >= 15 is 0 Å². The summed E-state index contributed by atoms with van der Waals surface area (Å²) < 4.78 is 36.4. The Morgan fingerprint density at radius 3 is 2.61 bits per heavy atom. The van der Waals surface area contributed by atoms with Gasteiger partial charge in [0.15, 0.2) is 0 Å². The van der Waals surface area contributed by atoms with E-state index in [2.05, 4.69) is 10.6 Å². The first-order chi connectivity index (χ1) is 10.9. The van der Waals surface area contributed by atoms with Gasteiger partial charge >= 0.3 is 6.03 Å². The number of carbonyl (C=O) groups is 1. The van der Waals surface area contributed by atoms with Crippen LogP contribution in [0.15, 0.2) is 24.3 Å². The zero-order valence-corrected chi connectivity index (χ0v) is 13.6. The normalized spacial score (nSPS) is 26.5. The highest BCUT2D eigenvalue weighted by Crippen LogP contribution is 2.41. The molecule has 0 unspecified atom stereocenters. The summed E-state index contributed by atoms with van der Waals surface area (Å²) in [6, 6.07) is 6.34. The van der Waals surface area contributed by atoms with Crippen molar-refractivity contribution in [1.82, 2.24) is 10.6 Å². The Bertz CT molecular complexity index is 678. The summed E-state index contributed by atoms with van der Waals surface area (Å²) in [4.78, 5) is 11.9. The molecule has 1 aromatic rings. The second-order valence-corrected chi connectivity index (χ2v) is 8.72. The highest BCUT2D eigenvalue weighted by Gasteiger charge is 2.41. The van der Waals surface area contributed by atoms with Gasteiger partial charge in [-0.15, -0.1) is 0 Å². The SMILES string of the molecule is O=C(NCC1CCS(=O)(=O)CC1)N[C@H]1C[C@H]1c1ccccc1F. The van der Waals surface area contributed by atoms with Crippen LogP contribution in [-0.2, 0) is 9.84 Å². The summed E-state index contributed by atoms with van der Waals surface area (Å²) in [6.07, 6.45) is 1.95. The molecule has 0 spiro atoms. The van der Waals surface area contributed by atoms with Gasteiger partial charge in [-0.2, -0.15) is 0 Å². The molecule has 0 bridgehead atoms. The molecule has 7 heteroatoms. The number of hydrogen-bond donors (Lipinski definition) is 2. The lowest BCUT2D eigenvalue weighted by atomic mass is 10.0. The van der Waals surface area contributed by atoms with E-state index in [-0.39, 0.29) is 41.2 Å². The number of hydrogen-bond acceptors (Lipinski definition) is 3. The molecule has 1 aromatic carbocycles. The van der Waals surface area contributed by atoms with E-state index in [0.717, 1.165) is 6.42 Å². The van der Waals surface area contributed by atoms with Crippen LogP contribution >= 0.6 is 0 Å². The van der Waals surface area contributed by atoms with Crippen molar-refractivity contribution in [3.05, 3.63) is 35.6 Å². The number of benzene rings is 1. The number of amides is 2. The Labute approximate surface area is 135 Å². The van der Waals surface area contributed by atoms with E-state index in [0.29, 0.717) is 24.9 Å². The molecule has 1 saturated carbocycles. The predicted octanol–water partition coefficient (Wildman–Crippen LogP) is 1.81. The summed E-state index contributed by atoms with van der Waals surface area (Å²) in [6.45, 7) is 0.485. The van der Waals surface area contributed by atoms with Crippen LogP contribution in [0.4, 0.5) is 9.18 Å². The van der Waals surface area contributed by atoms with E-state index in [1.54, 1.807) is 18.2 Å². The third-order valence-corrected chi connectivity index (χ3v) is 6.35. The molecule has 2 N–H and O–H groups in total. The second-order valence-electron chi connectivity index (χ2n) is 6.42. The van der Waals surface area contributed by atoms with Crippen molar-refractivity contribution in [2.24, 2.45) is 5.92 Å². The summed E-state index contributed by atoms with van der Waals surface area (Å²) >= 11 is 0. The Hall–Kier alpha value is -1.63. The van der Waals surface area contributed by atoms with E-state index in [1.807, 2.05) is 0 Å². The van der Waals surface area contributed by atoms with Crippen molar-refractivity contribution in [2.75, 3.05) is 18.1 Å². The molecule has 2 aliphatic rings. The van der Waals surface area contributed by atoms with Crippen LogP contribution in [-0.4, -0.2) is 38.5 Å². The number of halogens is 1. The molecule has 1 heterocycles. The number of sulfone groups is 1. The van der Waals surface area contributed by atoms with Crippen LogP contribution in [0, 0.1) is 11.7 Å². The maximum absolute atomic E-state index is 13.7. The van der Waals surface area contributed by atoms with Gasteiger partial charge in [0.1, 0.15) is 15.7 Å². The maximum atomic E-state index is 13.7. The number of rotatable bonds is 4. The molecule has 23 heavy (non-hydrogen) atoms.